The van der Waals surface area contributed by atoms with Gasteiger partial charge in [-0.15, -0.1) is 0 Å². The van der Waals surface area contributed by atoms with Crippen molar-refractivity contribution in [2.75, 3.05) is 5.32 Å². The van der Waals surface area contributed by atoms with Crippen LogP contribution in [0.5, 0.6) is 0 Å². The Labute approximate surface area is 106 Å². The average molecular weight is 246 g/mol. The predicted molar refractivity (Wildman–Crippen MR) is 71.4 cm³/mol. The minimum atomic E-state index is -0.0152. The fourth-order valence-electron chi connectivity index (χ4n) is 1.81. The molecule has 0 fully saturated rings. The van der Waals surface area contributed by atoms with Crippen LogP contribution in [0, 0.1) is 12.3 Å². The van der Waals surface area contributed by atoms with E-state index in [0.717, 1.165) is 16.8 Å². The van der Waals surface area contributed by atoms with Crippen molar-refractivity contribution in [3.05, 3.63) is 24.1 Å². The van der Waals surface area contributed by atoms with Gasteiger partial charge in [0.1, 0.15) is 5.52 Å². The van der Waals surface area contributed by atoms with E-state index < -0.39 is 0 Å². The van der Waals surface area contributed by atoms with Gasteiger partial charge in [0.2, 0.25) is 5.91 Å². The first kappa shape index (κ1) is 12.6. The Kier molecular flexibility index (Phi) is 3.11. The molecule has 0 saturated heterocycles. The summed E-state index contributed by atoms with van der Waals surface area (Å²) in [6.45, 7) is 7.92. The third kappa shape index (κ3) is 3.09. The number of amides is 1. The number of nitrogens with one attached hydrogen (secondary N) is 1. The first-order valence-corrected chi connectivity index (χ1v) is 6.00. The summed E-state index contributed by atoms with van der Waals surface area (Å²) in [4.78, 5) is 16.1. The van der Waals surface area contributed by atoms with Crippen molar-refractivity contribution in [1.29, 1.82) is 0 Å². The van der Waals surface area contributed by atoms with E-state index in [4.69, 9.17) is 4.42 Å². The van der Waals surface area contributed by atoms with Crippen molar-refractivity contribution in [2.24, 2.45) is 5.41 Å². The fourth-order valence-corrected chi connectivity index (χ4v) is 1.81. The van der Waals surface area contributed by atoms with Gasteiger partial charge in [-0.2, -0.15) is 0 Å². The van der Waals surface area contributed by atoms with Gasteiger partial charge in [-0.3, -0.25) is 4.79 Å². The van der Waals surface area contributed by atoms with Crippen molar-refractivity contribution < 1.29 is 9.21 Å². The first-order chi connectivity index (χ1) is 8.33. The lowest BCUT2D eigenvalue weighted by molar-refractivity contribution is -0.117. The van der Waals surface area contributed by atoms with Crippen LogP contribution >= 0.6 is 0 Å². The van der Waals surface area contributed by atoms with Crippen LogP contribution in [0.15, 0.2) is 22.6 Å². The zero-order valence-electron chi connectivity index (χ0n) is 11.2. The molecule has 0 saturated carbocycles. The number of carbonyl (C=O) groups excluding carboxylic acids is 1. The van der Waals surface area contributed by atoms with Crippen molar-refractivity contribution in [2.45, 2.75) is 34.1 Å². The molecule has 0 atom stereocenters. The number of aromatic nitrogens is 1. The highest BCUT2D eigenvalue weighted by Gasteiger charge is 2.16. The van der Waals surface area contributed by atoms with Crippen LogP contribution in [0.25, 0.3) is 11.1 Å². The Balaban J connectivity index is 2.14. The van der Waals surface area contributed by atoms with Gasteiger partial charge in [0.15, 0.2) is 11.5 Å². The van der Waals surface area contributed by atoms with Crippen LogP contribution in [-0.2, 0) is 4.79 Å². The number of aryl methyl sites for hydroxylation is 1. The second-order valence-corrected chi connectivity index (χ2v) is 5.70. The maximum Gasteiger partial charge on any atom is 0.224 e. The molecule has 0 aliphatic heterocycles. The molecule has 4 nitrogen and oxygen atoms in total. The summed E-state index contributed by atoms with van der Waals surface area (Å²) in [5.41, 5.74) is 2.24. The number of fused-ring (bicyclic) bond motifs is 1. The summed E-state index contributed by atoms with van der Waals surface area (Å²) < 4.78 is 5.38. The number of hydrogen-bond acceptors (Lipinski definition) is 3. The summed E-state index contributed by atoms with van der Waals surface area (Å²) in [5.74, 6) is 0.644. The van der Waals surface area contributed by atoms with E-state index in [-0.39, 0.29) is 11.3 Å². The molecule has 1 aromatic heterocycles. The number of oxazole rings is 1. The summed E-state index contributed by atoms with van der Waals surface area (Å²) in [6.07, 6.45) is 0.489. The largest absolute Gasteiger partial charge is 0.441 e. The van der Waals surface area contributed by atoms with Gasteiger partial charge in [-0.1, -0.05) is 20.8 Å². The van der Waals surface area contributed by atoms with Crippen molar-refractivity contribution >= 4 is 22.7 Å². The third-order valence-electron chi connectivity index (χ3n) is 2.47. The zero-order chi connectivity index (χ0) is 13.3. The first-order valence-electron chi connectivity index (χ1n) is 6.00. The van der Waals surface area contributed by atoms with Gasteiger partial charge in [-0.05, 0) is 23.6 Å². The summed E-state index contributed by atoms with van der Waals surface area (Å²) in [6, 6.07) is 5.47. The van der Waals surface area contributed by atoms with Gasteiger partial charge in [0.05, 0.1) is 0 Å². The molecular weight excluding hydrogens is 228 g/mol. The molecule has 0 bridgehead atoms. The molecule has 18 heavy (non-hydrogen) atoms. The van der Waals surface area contributed by atoms with Crippen LogP contribution in [0.1, 0.15) is 33.1 Å². The standard InChI is InChI=1S/C14H18N2O2/c1-9-15-11-7-10(5-6-12(11)18-9)16-13(17)8-14(2,3)4/h5-7H,8H2,1-4H3,(H,16,17). The van der Waals surface area contributed by atoms with Crippen LogP contribution < -0.4 is 5.32 Å². The number of hydrogen-bond donors (Lipinski definition) is 1. The molecule has 2 aromatic rings. The number of anilines is 1. The highest BCUT2D eigenvalue weighted by molar-refractivity contribution is 5.93. The van der Waals surface area contributed by atoms with Crippen LogP contribution in [0.4, 0.5) is 5.69 Å². The second-order valence-electron chi connectivity index (χ2n) is 5.70. The third-order valence-corrected chi connectivity index (χ3v) is 2.47. The van der Waals surface area contributed by atoms with E-state index in [0.29, 0.717) is 12.3 Å². The van der Waals surface area contributed by atoms with E-state index in [1.54, 1.807) is 6.92 Å². The zero-order valence-corrected chi connectivity index (χ0v) is 11.2. The summed E-state index contributed by atoms with van der Waals surface area (Å²) in [7, 11) is 0. The molecule has 96 valence electrons. The molecule has 0 radical (unpaired) electrons. The molecule has 1 aromatic carbocycles. The lowest BCUT2D eigenvalue weighted by Crippen LogP contribution is -2.19. The van der Waals surface area contributed by atoms with E-state index >= 15 is 0 Å². The molecule has 0 aliphatic rings. The minimum Gasteiger partial charge on any atom is -0.441 e. The highest BCUT2D eigenvalue weighted by Crippen LogP contribution is 2.22. The second kappa shape index (κ2) is 4.44. The molecular formula is C14H18N2O2. The van der Waals surface area contributed by atoms with E-state index in [2.05, 4.69) is 10.3 Å². The number of carbonyl (C=O) groups is 1. The maximum absolute atomic E-state index is 11.8. The Morgan fingerprint density at radius 2 is 2.11 bits per heavy atom. The van der Waals surface area contributed by atoms with Gasteiger partial charge < -0.3 is 9.73 Å². The molecule has 4 heteroatoms. The number of benzene rings is 1. The van der Waals surface area contributed by atoms with Crippen molar-refractivity contribution in [3.63, 3.8) is 0 Å². The Bertz CT molecular complexity index is 579. The molecule has 0 aliphatic carbocycles. The van der Waals surface area contributed by atoms with Gasteiger partial charge in [0, 0.05) is 19.0 Å². The number of rotatable bonds is 2. The molecule has 2 rings (SSSR count). The van der Waals surface area contributed by atoms with Crippen molar-refractivity contribution in [1.82, 2.24) is 4.98 Å². The SMILES string of the molecule is Cc1nc2cc(NC(=O)CC(C)(C)C)ccc2o1. The Morgan fingerprint density at radius 3 is 2.78 bits per heavy atom. The van der Waals surface area contributed by atoms with E-state index in [1.807, 2.05) is 39.0 Å². The topological polar surface area (TPSA) is 55.1 Å². The Hall–Kier alpha value is -1.84. The van der Waals surface area contributed by atoms with Crippen molar-refractivity contribution in [3.8, 4) is 0 Å². The normalized spacial score (nSPS) is 11.8. The molecule has 1 heterocycles. The number of nitrogens with zero attached hydrogens (tertiary/aromatic N) is 1. The quantitative estimate of drug-likeness (QED) is 0.882. The molecule has 0 spiro atoms. The summed E-state index contributed by atoms with van der Waals surface area (Å²) in [5, 5.41) is 2.88. The lowest BCUT2D eigenvalue weighted by Gasteiger charge is -2.17. The monoisotopic (exact) mass is 246 g/mol. The average Bonchev–Trinajstić information content (AvgIpc) is 2.53. The van der Waals surface area contributed by atoms with Crippen LogP contribution in [-0.4, -0.2) is 10.9 Å². The predicted octanol–water partition coefficient (Wildman–Crippen LogP) is 3.51. The van der Waals surface area contributed by atoms with E-state index in [9.17, 15) is 4.79 Å². The molecule has 1 N–H and O–H groups in total. The van der Waals surface area contributed by atoms with Gasteiger partial charge in [0.25, 0.3) is 0 Å². The minimum absolute atomic E-state index is 0.0152. The smallest absolute Gasteiger partial charge is 0.224 e. The molecule has 0 unspecified atom stereocenters. The van der Waals surface area contributed by atoms with Gasteiger partial charge in [-0.25, -0.2) is 4.98 Å². The lowest BCUT2D eigenvalue weighted by atomic mass is 9.92. The highest BCUT2D eigenvalue weighted by atomic mass is 16.3. The molecule has 1 amide bonds. The van der Waals surface area contributed by atoms with Gasteiger partial charge >= 0.3 is 0 Å². The fraction of sp³-hybridized carbons (Fsp3) is 0.429. The maximum atomic E-state index is 11.8. The Morgan fingerprint density at radius 1 is 1.39 bits per heavy atom. The van der Waals surface area contributed by atoms with E-state index in [1.165, 1.54) is 0 Å². The van der Waals surface area contributed by atoms with Crippen LogP contribution in [0.2, 0.25) is 0 Å². The van der Waals surface area contributed by atoms with Crippen LogP contribution in [0.3, 0.4) is 0 Å². The summed E-state index contributed by atoms with van der Waals surface area (Å²) >= 11 is 0.